The molecule has 0 atom stereocenters. The third-order valence-electron chi connectivity index (χ3n) is 1.90. The minimum atomic E-state index is -1.26. The number of aromatic nitrogens is 1. The molecule has 5 nitrogen and oxygen atoms in total. The van der Waals surface area contributed by atoms with E-state index in [0.29, 0.717) is 6.07 Å². The first-order valence-corrected chi connectivity index (χ1v) is 4.47. The van der Waals surface area contributed by atoms with Crippen molar-refractivity contribution in [3.05, 3.63) is 41.8 Å². The van der Waals surface area contributed by atoms with E-state index in [4.69, 9.17) is 9.52 Å². The van der Waals surface area contributed by atoms with Crippen molar-refractivity contribution in [3.8, 4) is 0 Å². The third kappa shape index (κ3) is 2.39. The molecule has 2 rings (SSSR count). The van der Waals surface area contributed by atoms with Crippen LogP contribution in [0, 0.1) is 11.6 Å². The second-order valence-electron chi connectivity index (χ2n) is 3.09. The second kappa shape index (κ2) is 4.20. The fourth-order valence-electron chi connectivity index (χ4n) is 1.14. The smallest absolute Gasteiger partial charge is 0.357 e. The lowest BCUT2D eigenvalue weighted by atomic mass is 10.3. The second-order valence-corrected chi connectivity index (χ2v) is 3.09. The molecule has 0 aliphatic heterocycles. The lowest BCUT2D eigenvalue weighted by molar-refractivity contribution is 0.0690. The van der Waals surface area contributed by atoms with E-state index in [0.717, 1.165) is 18.4 Å². The number of hydrogen-bond donors (Lipinski definition) is 2. The summed E-state index contributed by atoms with van der Waals surface area (Å²) in [6, 6.07) is 2.69. The van der Waals surface area contributed by atoms with Crippen molar-refractivity contribution in [2.45, 2.75) is 0 Å². The first-order valence-electron chi connectivity index (χ1n) is 4.47. The molecule has 2 N–H and O–H groups in total. The van der Waals surface area contributed by atoms with Crippen LogP contribution in [0.1, 0.15) is 10.5 Å². The van der Waals surface area contributed by atoms with Crippen molar-refractivity contribution in [2.75, 3.05) is 5.32 Å². The summed E-state index contributed by atoms with van der Waals surface area (Å²) < 4.78 is 30.6. The van der Waals surface area contributed by atoms with Crippen molar-refractivity contribution >= 4 is 17.7 Å². The Labute approximate surface area is 93.7 Å². The number of benzene rings is 1. The lowest BCUT2D eigenvalue weighted by Gasteiger charge is -2.02. The highest BCUT2D eigenvalue weighted by molar-refractivity contribution is 5.85. The van der Waals surface area contributed by atoms with Crippen LogP contribution in [0.5, 0.6) is 0 Å². The number of halogens is 2. The van der Waals surface area contributed by atoms with Gasteiger partial charge in [-0.3, -0.25) is 0 Å². The molecule has 2 aromatic rings. The first kappa shape index (κ1) is 11.1. The summed E-state index contributed by atoms with van der Waals surface area (Å²) in [7, 11) is 0. The number of rotatable bonds is 3. The summed E-state index contributed by atoms with van der Waals surface area (Å²) in [6.45, 7) is 0. The third-order valence-corrected chi connectivity index (χ3v) is 1.90. The van der Waals surface area contributed by atoms with Crippen LogP contribution in [0.3, 0.4) is 0 Å². The van der Waals surface area contributed by atoms with Crippen LogP contribution in [-0.4, -0.2) is 16.1 Å². The molecule has 17 heavy (non-hydrogen) atoms. The number of aromatic carboxylic acids is 1. The highest BCUT2D eigenvalue weighted by Crippen LogP contribution is 2.20. The lowest BCUT2D eigenvalue weighted by Crippen LogP contribution is -1.98. The average molecular weight is 240 g/mol. The summed E-state index contributed by atoms with van der Waals surface area (Å²) in [5, 5.41) is 11.0. The van der Waals surface area contributed by atoms with Gasteiger partial charge in [0.15, 0.2) is 5.69 Å². The largest absolute Gasteiger partial charge is 0.476 e. The van der Waals surface area contributed by atoms with Crippen LogP contribution < -0.4 is 5.32 Å². The van der Waals surface area contributed by atoms with Crippen LogP contribution >= 0.6 is 0 Å². The van der Waals surface area contributed by atoms with Gasteiger partial charge in [-0.25, -0.2) is 13.6 Å². The molecule has 88 valence electrons. The maximum absolute atomic E-state index is 13.2. The maximum atomic E-state index is 13.2. The molecule has 0 aliphatic carbocycles. The van der Waals surface area contributed by atoms with Crippen molar-refractivity contribution in [3.63, 3.8) is 0 Å². The van der Waals surface area contributed by atoms with E-state index in [1.54, 1.807) is 0 Å². The Bertz CT molecular complexity index is 568. The van der Waals surface area contributed by atoms with Gasteiger partial charge >= 0.3 is 5.97 Å². The molecule has 1 aromatic heterocycles. The minimum absolute atomic E-state index is 0.0646. The molecular weight excluding hydrogens is 234 g/mol. The first-order chi connectivity index (χ1) is 8.06. The van der Waals surface area contributed by atoms with E-state index in [1.807, 2.05) is 0 Å². The molecule has 0 aliphatic rings. The van der Waals surface area contributed by atoms with Gasteiger partial charge in [-0.2, -0.15) is 4.98 Å². The molecule has 1 heterocycles. The van der Waals surface area contributed by atoms with E-state index >= 15 is 0 Å². The fraction of sp³-hybridized carbons (Fsp3) is 0. The number of carbonyl (C=O) groups is 1. The Morgan fingerprint density at radius 1 is 1.41 bits per heavy atom. The Morgan fingerprint density at radius 3 is 2.76 bits per heavy atom. The standard InChI is InChI=1S/C10H6F2N2O3/c11-5-1-2-7(6(12)3-5)13-10-14-8(4-17-10)9(15)16/h1-4H,(H,13,14)(H,15,16). The number of hydrogen-bond acceptors (Lipinski definition) is 4. The summed E-state index contributed by atoms with van der Waals surface area (Å²) in [5.41, 5.74) is -0.375. The van der Waals surface area contributed by atoms with E-state index < -0.39 is 17.6 Å². The Balaban J connectivity index is 2.22. The Morgan fingerprint density at radius 2 is 2.18 bits per heavy atom. The van der Waals surface area contributed by atoms with Gasteiger partial charge in [0.25, 0.3) is 6.01 Å². The SMILES string of the molecule is O=C(O)c1coc(Nc2ccc(F)cc2F)n1. The van der Waals surface area contributed by atoms with Gasteiger partial charge in [0.05, 0.1) is 5.69 Å². The number of anilines is 2. The quantitative estimate of drug-likeness (QED) is 0.861. The van der Waals surface area contributed by atoms with E-state index in [9.17, 15) is 13.6 Å². The summed E-state index contributed by atoms with van der Waals surface area (Å²) in [5.74, 6) is -2.81. The molecule has 1 aromatic carbocycles. The molecule has 0 saturated carbocycles. The molecule has 0 amide bonds. The monoisotopic (exact) mass is 240 g/mol. The van der Waals surface area contributed by atoms with Gasteiger partial charge < -0.3 is 14.8 Å². The van der Waals surface area contributed by atoms with Gasteiger partial charge in [-0.05, 0) is 12.1 Å². The molecule has 0 bridgehead atoms. The zero-order chi connectivity index (χ0) is 12.4. The maximum Gasteiger partial charge on any atom is 0.357 e. The normalized spacial score (nSPS) is 10.2. The van der Waals surface area contributed by atoms with E-state index in [1.165, 1.54) is 0 Å². The van der Waals surface area contributed by atoms with Gasteiger partial charge in [0, 0.05) is 6.07 Å². The van der Waals surface area contributed by atoms with Crippen LogP contribution in [-0.2, 0) is 0 Å². The highest BCUT2D eigenvalue weighted by Gasteiger charge is 2.12. The molecular formula is C10H6F2N2O3. The van der Waals surface area contributed by atoms with Crippen LogP contribution in [0.4, 0.5) is 20.5 Å². The van der Waals surface area contributed by atoms with Crippen LogP contribution in [0.15, 0.2) is 28.9 Å². The number of nitrogens with one attached hydrogen (secondary N) is 1. The van der Waals surface area contributed by atoms with E-state index in [-0.39, 0.29) is 17.4 Å². The number of carboxylic acids is 1. The molecule has 0 saturated heterocycles. The van der Waals surface area contributed by atoms with Gasteiger partial charge in [-0.1, -0.05) is 0 Å². The van der Waals surface area contributed by atoms with E-state index in [2.05, 4.69) is 10.3 Å². The van der Waals surface area contributed by atoms with Crippen molar-refractivity contribution in [1.29, 1.82) is 0 Å². The molecule has 7 heteroatoms. The summed E-state index contributed by atoms with van der Waals surface area (Å²) >= 11 is 0. The van der Waals surface area contributed by atoms with Crippen molar-refractivity contribution in [2.24, 2.45) is 0 Å². The molecule has 0 unspecified atom stereocenters. The Hall–Kier alpha value is -2.44. The fourth-order valence-corrected chi connectivity index (χ4v) is 1.14. The topological polar surface area (TPSA) is 75.4 Å². The number of carboxylic acid groups (broad SMARTS) is 1. The zero-order valence-corrected chi connectivity index (χ0v) is 8.28. The predicted octanol–water partition coefficient (Wildman–Crippen LogP) is 2.39. The van der Waals surface area contributed by atoms with Crippen LogP contribution in [0.25, 0.3) is 0 Å². The zero-order valence-electron chi connectivity index (χ0n) is 8.28. The molecule has 0 fully saturated rings. The van der Waals surface area contributed by atoms with Crippen LogP contribution in [0.2, 0.25) is 0 Å². The van der Waals surface area contributed by atoms with Gasteiger partial charge in [0.1, 0.15) is 17.9 Å². The Kier molecular flexibility index (Phi) is 2.73. The molecule has 0 radical (unpaired) electrons. The highest BCUT2D eigenvalue weighted by atomic mass is 19.1. The van der Waals surface area contributed by atoms with Crippen molar-refractivity contribution < 1.29 is 23.1 Å². The minimum Gasteiger partial charge on any atom is -0.476 e. The van der Waals surface area contributed by atoms with Gasteiger partial charge in [0.2, 0.25) is 0 Å². The predicted molar refractivity (Wildman–Crippen MR) is 53.1 cm³/mol. The van der Waals surface area contributed by atoms with Gasteiger partial charge in [-0.15, -0.1) is 0 Å². The van der Waals surface area contributed by atoms with Crippen molar-refractivity contribution in [1.82, 2.24) is 4.98 Å². The average Bonchev–Trinajstić information content (AvgIpc) is 2.71. The summed E-state index contributed by atoms with van der Waals surface area (Å²) in [6.07, 6.45) is 0.909. The summed E-state index contributed by atoms with van der Waals surface area (Å²) in [4.78, 5) is 14.0. The number of oxazole rings is 1. The number of nitrogens with zero attached hydrogens (tertiary/aromatic N) is 1. The molecule has 0 spiro atoms.